The molecule has 21 heavy (non-hydrogen) atoms. The molecule has 0 fully saturated rings. The SMILES string of the molecule is O=C(OC1C=Cc2ccccc21)C1CNc2ccccc21. The predicted molar refractivity (Wildman–Crippen MR) is 82.0 cm³/mol. The van der Waals surface area contributed by atoms with Gasteiger partial charge in [0.1, 0.15) is 12.0 Å². The van der Waals surface area contributed by atoms with Gasteiger partial charge in [-0.15, -0.1) is 0 Å². The van der Waals surface area contributed by atoms with E-state index in [1.807, 2.05) is 60.7 Å². The largest absolute Gasteiger partial charge is 0.453 e. The van der Waals surface area contributed by atoms with E-state index in [1.54, 1.807) is 0 Å². The van der Waals surface area contributed by atoms with Gasteiger partial charge < -0.3 is 10.1 Å². The van der Waals surface area contributed by atoms with Gasteiger partial charge in [0.05, 0.1) is 0 Å². The molecule has 0 radical (unpaired) electrons. The van der Waals surface area contributed by atoms with Crippen molar-refractivity contribution in [1.29, 1.82) is 0 Å². The van der Waals surface area contributed by atoms with Crippen molar-refractivity contribution in [3.8, 4) is 0 Å². The molecule has 0 saturated carbocycles. The van der Waals surface area contributed by atoms with Crippen LogP contribution in [0.5, 0.6) is 0 Å². The van der Waals surface area contributed by atoms with Gasteiger partial charge in [-0.2, -0.15) is 0 Å². The van der Waals surface area contributed by atoms with Crippen molar-refractivity contribution in [2.45, 2.75) is 12.0 Å². The number of carbonyl (C=O) groups excluding carboxylic acids is 1. The molecular formula is C18H15NO2. The number of hydrogen-bond donors (Lipinski definition) is 1. The summed E-state index contributed by atoms with van der Waals surface area (Å²) in [4.78, 5) is 12.5. The van der Waals surface area contributed by atoms with Crippen LogP contribution in [0, 0.1) is 0 Å². The number of ether oxygens (including phenoxy) is 1. The third kappa shape index (κ3) is 2.02. The molecule has 0 amide bonds. The zero-order valence-electron chi connectivity index (χ0n) is 11.5. The summed E-state index contributed by atoms with van der Waals surface area (Å²) in [5, 5.41) is 3.26. The fraction of sp³-hybridized carbons (Fsp3) is 0.167. The van der Waals surface area contributed by atoms with Crippen LogP contribution in [-0.2, 0) is 9.53 Å². The molecule has 3 nitrogen and oxygen atoms in total. The number of fused-ring (bicyclic) bond motifs is 2. The van der Waals surface area contributed by atoms with Crippen LogP contribution >= 0.6 is 0 Å². The van der Waals surface area contributed by atoms with E-state index in [4.69, 9.17) is 4.74 Å². The van der Waals surface area contributed by atoms with Gasteiger partial charge >= 0.3 is 5.97 Å². The number of hydrogen-bond acceptors (Lipinski definition) is 3. The van der Waals surface area contributed by atoms with Crippen LogP contribution in [0.15, 0.2) is 54.6 Å². The minimum Gasteiger partial charge on any atom is -0.453 e. The number of nitrogens with one attached hydrogen (secondary N) is 1. The number of esters is 1. The number of carbonyl (C=O) groups is 1. The Kier molecular flexibility index (Phi) is 2.78. The Balaban J connectivity index is 1.55. The molecule has 0 bridgehead atoms. The summed E-state index contributed by atoms with van der Waals surface area (Å²) < 4.78 is 5.71. The van der Waals surface area contributed by atoms with Crippen LogP contribution in [0.3, 0.4) is 0 Å². The lowest BCUT2D eigenvalue weighted by molar-refractivity contribution is -0.148. The maximum atomic E-state index is 12.5. The molecule has 1 heterocycles. The first-order chi connectivity index (χ1) is 10.3. The first kappa shape index (κ1) is 12.2. The highest BCUT2D eigenvalue weighted by Gasteiger charge is 2.32. The minimum atomic E-state index is -0.263. The molecule has 2 aromatic rings. The van der Waals surface area contributed by atoms with Gasteiger partial charge in [-0.25, -0.2) is 0 Å². The highest BCUT2D eigenvalue weighted by Crippen LogP contribution is 2.35. The molecule has 2 aliphatic rings. The standard InChI is InChI=1S/C18H15NO2/c20-18(15-11-19-16-8-4-3-7-14(15)16)21-17-10-9-12-5-1-2-6-13(12)17/h1-10,15,17,19H,11H2. The van der Waals surface area contributed by atoms with Crippen molar-refractivity contribution in [1.82, 2.24) is 0 Å². The highest BCUT2D eigenvalue weighted by atomic mass is 16.5. The van der Waals surface area contributed by atoms with Crippen molar-refractivity contribution in [2.24, 2.45) is 0 Å². The number of rotatable bonds is 2. The van der Waals surface area contributed by atoms with Crippen LogP contribution in [-0.4, -0.2) is 12.5 Å². The first-order valence-electron chi connectivity index (χ1n) is 7.13. The monoisotopic (exact) mass is 277 g/mol. The molecule has 0 saturated heterocycles. The second kappa shape index (κ2) is 4.77. The summed E-state index contributed by atoms with van der Waals surface area (Å²) in [5.41, 5.74) is 4.24. The molecule has 1 N–H and O–H groups in total. The van der Waals surface area contributed by atoms with Crippen LogP contribution in [0.4, 0.5) is 5.69 Å². The molecule has 2 unspecified atom stereocenters. The molecule has 104 valence electrons. The highest BCUT2D eigenvalue weighted by molar-refractivity contribution is 5.84. The van der Waals surface area contributed by atoms with Gasteiger partial charge in [-0.1, -0.05) is 48.5 Å². The molecule has 0 spiro atoms. The van der Waals surface area contributed by atoms with Gasteiger partial charge in [0.2, 0.25) is 0 Å². The summed E-state index contributed by atoms with van der Waals surface area (Å²) >= 11 is 0. The molecule has 1 aliphatic heterocycles. The molecule has 2 atom stereocenters. The minimum absolute atomic E-state index is 0.168. The first-order valence-corrected chi connectivity index (χ1v) is 7.13. The molecule has 1 aliphatic carbocycles. The van der Waals surface area contributed by atoms with Crippen molar-refractivity contribution < 1.29 is 9.53 Å². The van der Waals surface area contributed by atoms with Gasteiger partial charge in [0.15, 0.2) is 0 Å². The fourth-order valence-electron chi connectivity index (χ4n) is 3.02. The third-order valence-electron chi connectivity index (χ3n) is 4.11. The smallest absolute Gasteiger partial charge is 0.316 e. The summed E-state index contributed by atoms with van der Waals surface area (Å²) in [7, 11) is 0. The predicted octanol–water partition coefficient (Wildman–Crippen LogP) is 3.51. The van der Waals surface area contributed by atoms with Gasteiger partial charge in [0, 0.05) is 17.8 Å². The van der Waals surface area contributed by atoms with E-state index in [2.05, 4.69) is 5.32 Å². The van der Waals surface area contributed by atoms with Crippen molar-refractivity contribution in [3.63, 3.8) is 0 Å². The second-order valence-corrected chi connectivity index (χ2v) is 5.37. The quantitative estimate of drug-likeness (QED) is 0.854. The Labute approximate surface area is 123 Å². The second-order valence-electron chi connectivity index (χ2n) is 5.37. The average molecular weight is 277 g/mol. The average Bonchev–Trinajstić information content (AvgIpc) is 3.12. The fourth-order valence-corrected chi connectivity index (χ4v) is 3.02. The van der Waals surface area contributed by atoms with Crippen LogP contribution in [0.25, 0.3) is 6.08 Å². The molecular weight excluding hydrogens is 262 g/mol. The van der Waals surface area contributed by atoms with E-state index in [0.29, 0.717) is 6.54 Å². The van der Waals surface area contributed by atoms with E-state index in [9.17, 15) is 4.79 Å². The Morgan fingerprint density at radius 3 is 2.71 bits per heavy atom. The molecule has 4 rings (SSSR count). The maximum Gasteiger partial charge on any atom is 0.316 e. The summed E-state index contributed by atoms with van der Waals surface area (Å²) in [6.45, 7) is 0.607. The molecule has 2 aromatic carbocycles. The summed E-state index contributed by atoms with van der Waals surface area (Å²) in [6, 6.07) is 15.9. The van der Waals surface area contributed by atoms with Crippen LogP contribution in [0.1, 0.15) is 28.7 Å². The normalized spacial score (nSPS) is 21.5. The van der Waals surface area contributed by atoms with Crippen molar-refractivity contribution in [3.05, 3.63) is 71.3 Å². The number of anilines is 1. The lowest BCUT2D eigenvalue weighted by Gasteiger charge is -2.16. The Hall–Kier alpha value is -2.55. The van der Waals surface area contributed by atoms with E-state index in [-0.39, 0.29) is 18.0 Å². The van der Waals surface area contributed by atoms with Gasteiger partial charge in [-0.3, -0.25) is 4.79 Å². The lowest BCUT2D eigenvalue weighted by Crippen LogP contribution is -2.19. The Morgan fingerprint density at radius 1 is 1.05 bits per heavy atom. The van der Waals surface area contributed by atoms with Gasteiger partial charge in [0.25, 0.3) is 0 Å². The van der Waals surface area contributed by atoms with Crippen LogP contribution < -0.4 is 5.32 Å². The van der Waals surface area contributed by atoms with E-state index >= 15 is 0 Å². The van der Waals surface area contributed by atoms with E-state index in [1.165, 1.54) is 0 Å². The zero-order chi connectivity index (χ0) is 14.2. The Bertz CT molecular complexity index is 736. The number of para-hydroxylation sites is 1. The zero-order valence-corrected chi connectivity index (χ0v) is 11.5. The lowest BCUT2D eigenvalue weighted by atomic mass is 10.0. The van der Waals surface area contributed by atoms with Crippen molar-refractivity contribution >= 4 is 17.7 Å². The summed E-state index contributed by atoms with van der Waals surface area (Å²) in [6.07, 6.45) is 3.69. The van der Waals surface area contributed by atoms with E-state index in [0.717, 1.165) is 22.4 Å². The van der Waals surface area contributed by atoms with Gasteiger partial charge in [-0.05, 0) is 23.3 Å². The summed E-state index contributed by atoms with van der Waals surface area (Å²) in [5.74, 6) is -0.388. The Morgan fingerprint density at radius 2 is 1.81 bits per heavy atom. The topological polar surface area (TPSA) is 38.3 Å². The molecule has 3 heteroatoms. The van der Waals surface area contributed by atoms with E-state index < -0.39 is 0 Å². The van der Waals surface area contributed by atoms with Crippen LogP contribution in [0.2, 0.25) is 0 Å². The maximum absolute atomic E-state index is 12.5. The van der Waals surface area contributed by atoms with Crippen molar-refractivity contribution in [2.75, 3.05) is 11.9 Å². The molecule has 0 aromatic heterocycles. The number of benzene rings is 2. The third-order valence-corrected chi connectivity index (χ3v) is 4.11.